The van der Waals surface area contributed by atoms with Crippen molar-refractivity contribution in [1.29, 1.82) is 0 Å². The van der Waals surface area contributed by atoms with Crippen LogP contribution in [0.3, 0.4) is 0 Å². The Balaban J connectivity index is 2.16. The fraction of sp³-hybridized carbons (Fsp3) is 0.571. The molecule has 1 aliphatic carbocycles. The largest absolute Gasteiger partial charge is 0.313 e. The summed E-state index contributed by atoms with van der Waals surface area (Å²) >= 11 is 0. The highest BCUT2D eigenvalue weighted by atomic mass is 32.2. The highest BCUT2D eigenvalue weighted by Crippen LogP contribution is 2.26. The molecule has 4 nitrogen and oxygen atoms in total. The molecule has 6 heteroatoms. The normalized spacial score (nSPS) is 16.1. The van der Waals surface area contributed by atoms with E-state index in [4.69, 9.17) is 0 Å². The summed E-state index contributed by atoms with van der Waals surface area (Å²) in [5, 5.41) is 3.07. The van der Waals surface area contributed by atoms with E-state index in [0.29, 0.717) is 24.6 Å². The van der Waals surface area contributed by atoms with Crippen LogP contribution in [0.5, 0.6) is 0 Å². The number of hydrogen-bond donors (Lipinski definition) is 2. The molecule has 0 amide bonds. The van der Waals surface area contributed by atoms with Gasteiger partial charge in [0.25, 0.3) is 0 Å². The van der Waals surface area contributed by atoms with Gasteiger partial charge in [-0.15, -0.1) is 0 Å². The Labute approximate surface area is 119 Å². The van der Waals surface area contributed by atoms with Crippen LogP contribution >= 0.6 is 0 Å². The molecule has 20 heavy (non-hydrogen) atoms. The van der Waals surface area contributed by atoms with E-state index < -0.39 is 15.8 Å². The Morgan fingerprint density at radius 3 is 2.70 bits per heavy atom. The number of sulfonamides is 1. The third-order valence-corrected chi connectivity index (χ3v) is 5.18. The van der Waals surface area contributed by atoms with Gasteiger partial charge in [-0.2, -0.15) is 0 Å². The molecule has 1 aliphatic rings. The molecule has 1 fully saturated rings. The molecule has 2 N–H and O–H groups in total. The Kier molecular flexibility index (Phi) is 5.12. The molecule has 0 aliphatic heterocycles. The summed E-state index contributed by atoms with van der Waals surface area (Å²) < 4.78 is 40.6. The van der Waals surface area contributed by atoms with Crippen LogP contribution in [0.1, 0.15) is 31.7 Å². The number of nitrogens with one attached hydrogen (secondary N) is 2. The highest BCUT2D eigenvalue weighted by molar-refractivity contribution is 7.89. The van der Waals surface area contributed by atoms with E-state index in [2.05, 4.69) is 10.0 Å². The maximum absolute atomic E-state index is 13.4. The van der Waals surface area contributed by atoms with Crippen LogP contribution < -0.4 is 10.0 Å². The molecular weight excluding hydrogens is 279 g/mol. The SMILES string of the molecule is CCNCc1ccc(F)cc1S(=O)(=O)NCC1CCC1. The van der Waals surface area contributed by atoms with E-state index in [1.54, 1.807) is 0 Å². The van der Waals surface area contributed by atoms with Gasteiger partial charge in [0.15, 0.2) is 0 Å². The molecule has 112 valence electrons. The topological polar surface area (TPSA) is 58.2 Å². The van der Waals surface area contributed by atoms with E-state index in [1.807, 2.05) is 6.92 Å². The van der Waals surface area contributed by atoms with Crippen LogP contribution in [0, 0.1) is 11.7 Å². The molecule has 0 atom stereocenters. The monoisotopic (exact) mass is 300 g/mol. The Hall–Kier alpha value is -0.980. The molecule has 1 aromatic rings. The molecule has 0 unspecified atom stereocenters. The first kappa shape index (κ1) is 15.4. The van der Waals surface area contributed by atoms with Gasteiger partial charge in [0.1, 0.15) is 5.82 Å². The van der Waals surface area contributed by atoms with Gasteiger partial charge in [0, 0.05) is 13.1 Å². The van der Waals surface area contributed by atoms with Crippen LogP contribution in [-0.2, 0) is 16.6 Å². The van der Waals surface area contributed by atoms with E-state index in [1.165, 1.54) is 12.1 Å². The highest BCUT2D eigenvalue weighted by Gasteiger charge is 2.23. The minimum absolute atomic E-state index is 0.0396. The molecule has 0 saturated heterocycles. The zero-order valence-corrected chi connectivity index (χ0v) is 12.5. The summed E-state index contributed by atoms with van der Waals surface area (Å²) in [6.07, 6.45) is 3.30. The fourth-order valence-electron chi connectivity index (χ4n) is 2.19. The molecule has 0 bridgehead atoms. The van der Waals surface area contributed by atoms with Crippen LogP contribution in [-0.4, -0.2) is 21.5 Å². The van der Waals surface area contributed by atoms with Crippen molar-refractivity contribution >= 4 is 10.0 Å². The van der Waals surface area contributed by atoms with Crippen molar-refractivity contribution in [3.8, 4) is 0 Å². The maximum Gasteiger partial charge on any atom is 0.241 e. The van der Waals surface area contributed by atoms with Gasteiger partial charge in [-0.25, -0.2) is 17.5 Å². The summed E-state index contributed by atoms with van der Waals surface area (Å²) in [6.45, 7) is 3.52. The number of benzene rings is 1. The van der Waals surface area contributed by atoms with Crippen LogP contribution in [0.4, 0.5) is 4.39 Å². The maximum atomic E-state index is 13.4. The molecule has 1 aromatic carbocycles. The lowest BCUT2D eigenvalue weighted by molar-refractivity contribution is 0.316. The average molecular weight is 300 g/mol. The molecule has 0 aromatic heterocycles. The van der Waals surface area contributed by atoms with Gasteiger partial charge >= 0.3 is 0 Å². The zero-order valence-electron chi connectivity index (χ0n) is 11.7. The van der Waals surface area contributed by atoms with Gasteiger partial charge in [-0.1, -0.05) is 19.4 Å². The van der Waals surface area contributed by atoms with Gasteiger partial charge < -0.3 is 5.32 Å². The van der Waals surface area contributed by atoms with E-state index >= 15 is 0 Å². The quantitative estimate of drug-likeness (QED) is 0.810. The standard InChI is InChI=1S/C14H21FN2O2S/c1-2-16-10-12-6-7-13(15)8-14(12)20(18,19)17-9-11-4-3-5-11/h6-8,11,16-17H,2-5,9-10H2,1H3. The van der Waals surface area contributed by atoms with Crippen LogP contribution in [0.25, 0.3) is 0 Å². The predicted molar refractivity (Wildman–Crippen MR) is 76.3 cm³/mol. The number of hydrogen-bond acceptors (Lipinski definition) is 3. The minimum Gasteiger partial charge on any atom is -0.313 e. The lowest BCUT2D eigenvalue weighted by Gasteiger charge is -2.25. The lowest BCUT2D eigenvalue weighted by atomic mass is 9.86. The first-order valence-electron chi connectivity index (χ1n) is 7.01. The van der Waals surface area contributed by atoms with Crippen molar-refractivity contribution in [2.24, 2.45) is 5.92 Å². The Morgan fingerprint density at radius 2 is 2.10 bits per heavy atom. The molecular formula is C14H21FN2O2S. The fourth-order valence-corrected chi connectivity index (χ4v) is 3.55. The molecule has 1 saturated carbocycles. The number of rotatable bonds is 7. The summed E-state index contributed by atoms with van der Waals surface area (Å²) in [5.41, 5.74) is 0.592. The van der Waals surface area contributed by atoms with Crippen molar-refractivity contribution in [3.05, 3.63) is 29.6 Å². The van der Waals surface area contributed by atoms with Crippen molar-refractivity contribution in [1.82, 2.24) is 10.0 Å². The lowest BCUT2D eigenvalue weighted by Crippen LogP contribution is -2.33. The van der Waals surface area contributed by atoms with E-state index in [0.717, 1.165) is 31.9 Å². The smallest absolute Gasteiger partial charge is 0.241 e. The van der Waals surface area contributed by atoms with Gasteiger partial charge in [0.2, 0.25) is 10.0 Å². The van der Waals surface area contributed by atoms with Crippen molar-refractivity contribution in [2.45, 2.75) is 37.6 Å². The van der Waals surface area contributed by atoms with Crippen LogP contribution in [0.15, 0.2) is 23.1 Å². The second-order valence-corrected chi connectivity index (χ2v) is 6.92. The predicted octanol–water partition coefficient (Wildman–Crippen LogP) is 2.01. The minimum atomic E-state index is -3.65. The summed E-state index contributed by atoms with van der Waals surface area (Å²) in [5.74, 6) is -0.107. The summed E-state index contributed by atoms with van der Waals surface area (Å²) in [4.78, 5) is 0.0396. The molecule has 0 heterocycles. The molecule has 2 rings (SSSR count). The van der Waals surface area contributed by atoms with Gasteiger partial charge in [-0.05, 0) is 43.0 Å². The number of halogens is 1. The van der Waals surface area contributed by atoms with Gasteiger partial charge in [-0.3, -0.25) is 0 Å². The second-order valence-electron chi connectivity index (χ2n) is 5.18. The zero-order chi connectivity index (χ0) is 14.6. The average Bonchev–Trinajstić information content (AvgIpc) is 2.35. The Bertz CT molecular complexity index is 556. The summed E-state index contributed by atoms with van der Waals surface area (Å²) in [6, 6.07) is 3.91. The third-order valence-electron chi connectivity index (χ3n) is 3.67. The van der Waals surface area contributed by atoms with E-state index in [-0.39, 0.29) is 4.90 Å². The second kappa shape index (κ2) is 6.65. The molecule has 0 radical (unpaired) electrons. The third kappa shape index (κ3) is 3.77. The first-order valence-corrected chi connectivity index (χ1v) is 8.50. The summed E-state index contributed by atoms with van der Waals surface area (Å²) in [7, 11) is -3.65. The van der Waals surface area contributed by atoms with Crippen molar-refractivity contribution < 1.29 is 12.8 Å². The van der Waals surface area contributed by atoms with Gasteiger partial charge in [0.05, 0.1) is 4.90 Å². The first-order chi connectivity index (χ1) is 9.53. The van der Waals surface area contributed by atoms with E-state index in [9.17, 15) is 12.8 Å². The Morgan fingerprint density at radius 1 is 1.35 bits per heavy atom. The van der Waals surface area contributed by atoms with Crippen molar-refractivity contribution in [2.75, 3.05) is 13.1 Å². The van der Waals surface area contributed by atoms with Crippen LogP contribution in [0.2, 0.25) is 0 Å². The molecule has 0 spiro atoms. The van der Waals surface area contributed by atoms with Crippen molar-refractivity contribution in [3.63, 3.8) is 0 Å².